The Hall–Kier alpha value is -2.18. The fourth-order valence-corrected chi connectivity index (χ4v) is 2.81. The number of amides is 1. The molecule has 6 heteroatoms. The van der Waals surface area contributed by atoms with Crippen LogP contribution in [0, 0.1) is 5.92 Å². The van der Waals surface area contributed by atoms with Crippen molar-refractivity contribution in [3.63, 3.8) is 0 Å². The van der Waals surface area contributed by atoms with E-state index in [0.717, 1.165) is 12.3 Å². The van der Waals surface area contributed by atoms with Gasteiger partial charge in [0.15, 0.2) is 0 Å². The molecule has 3 rings (SSSR count). The van der Waals surface area contributed by atoms with Gasteiger partial charge in [0.25, 0.3) is 5.91 Å². The molecule has 2 atom stereocenters. The van der Waals surface area contributed by atoms with Crippen LogP contribution in [0.5, 0.6) is 0 Å². The van der Waals surface area contributed by atoms with Gasteiger partial charge >= 0.3 is 0 Å². The maximum absolute atomic E-state index is 12.2. The summed E-state index contributed by atoms with van der Waals surface area (Å²) in [4.78, 5) is 18.3. The summed E-state index contributed by atoms with van der Waals surface area (Å²) in [5, 5.41) is 12.5. The zero-order chi connectivity index (χ0) is 15.4. The minimum absolute atomic E-state index is 0.0237. The third-order valence-corrected chi connectivity index (χ3v) is 3.95. The van der Waals surface area contributed by atoms with Crippen molar-refractivity contribution in [2.45, 2.75) is 12.6 Å². The molecule has 0 aliphatic carbocycles. The lowest BCUT2D eigenvalue weighted by Crippen LogP contribution is -2.41. The van der Waals surface area contributed by atoms with Crippen LogP contribution >= 0.6 is 0 Å². The smallest absolute Gasteiger partial charge is 0.253 e. The average molecular weight is 301 g/mol. The molecule has 1 amide bonds. The van der Waals surface area contributed by atoms with Crippen molar-refractivity contribution < 1.29 is 14.3 Å². The molecule has 0 unspecified atom stereocenters. The molecule has 1 aliphatic rings. The average Bonchev–Trinajstić information content (AvgIpc) is 3.18. The Bertz CT molecular complexity index is 600. The zero-order valence-corrected chi connectivity index (χ0v) is 12.2. The predicted octanol–water partition coefficient (Wildman–Crippen LogP) is 0.897. The number of aliphatic hydroxyl groups excluding tert-OH is 1. The lowest BCUT2D eigenvalue weighted by Gasteiger charge is -2.17. The first kappa shape index (κ1) is 14.7. The molecule has 22 heavy (non-hydrogen) atoms. The van der Waals surface area contributed by atoms with Crippen molar-refractivity contribution in [1.29, 1.82) is 0 Å². The number of likely N-dealkylation sites (tertiary alicyclic amines) is 1. The summed E-state index contributed by atoms with van der Waals surface area (Å²) in [7, 11) is 0. The first-order valence-corrected chi connectivity index (χ1v) is 7.32. The minimum atomic E-state index is -0.156. The fraction of sp³-hybridized carbons (Fsp3) is 0.375. The van der Waals surface area contributed by atoms with E-state index in [0.29, 0.717) is 18.7 Å². The van der Waals surface area contributed by atoms with Crippen LogP contribution in [0.25, 0.3) is 0 Å². The molecular weight excluding hydrogens is 282 g/mol. The van der Waals surface area contributed by atoms with E-state index in [-0.39, 0.29) is 24.5 Å². The standard InChI is InChI=1S/C16H19N3O3/c20-11-13-8-19(9-14-4-2-6-22-14)10-15(13)18-16(21)12-3-1-5-17-7-12/h1-7,13,15,20H,8-11H2,(H,18,21)/t13-,15+/m0/s1. The van der Waals surface area contributed by atoms with Crippen molar-refractivity contribution in [3.05, 3.63) is 54.2 Å². The molecule has 116 valence electrons. The Morgan fingerprint density at radius 1 is 1.41 bits per heavy atom. The Morgan fingerprint density at radius 3 is 3.00 bits per heavy atom. The summed E-state index contributed by atoms with van der Waals surface area (Å²) in [5.74, 6) is 0.753. The molecule has 6 nitrogen and oxygen atoms in total. The summed E-state index contributed by atoms with van der Waals surface area (Å²) in [6.07, 6.45) is 4.82. The molecular formula is C16H19N3O3. The largest absolute Gasteiger partial charge is 0.468 e. The van der Waals surface area contributed by atoms with Crippen LogP contribution in [0.4, 0.5) is 0 Å². The SMILES string of the molecule is O=C(N[C@@H]1CN(Cc2ccco2)C[C@H]1CO)c1cccnc1. The Kier molecular flexibility index (Phi) is 4.50. The van der Waals surface area contributed by atoms with E-state index in [1.165, 1.54) is 0 Å². The molecule has 0 saturated carbocycles. The van der Waals surface area contributed by atoms with Crippen LogP contribution < -0.4 is 5.32 Å². The van der Waals surface area contributed by atoms with Crippen LogP contribution in [0.15, 0.2) is 47.3 Å². The lowest BCUT2D eigenvalue weighted by atomic mass is 10.0. The molecule has 1 aliphatic heterocycles. The second kappa shape index (κ2) is 6.72. The third kappa shape index (κ3) is 3.35. The molecule has 2 aromatic heterocycles. The number of carbonyl (C=O) groups is 1. The first-order valence-electron chi connectivity index (χ1n) is 7.32. The monoisotopic (exact) mass is 301 g/mol. The first-order chi connectivity index (χ1) is 10.8. The molecule has 1 fully saturated rings. The summed E-state index contributed by atoms with van der Waals surface area (Å²) >= 11 is 0. The Balaban J connectivity index is 1.61. The molecule has 0 spiro atoms. The van der Waals surface area contributed by atoms with E-state index in [9.17, 15) is 9.90 Å². The number of carbonyl (C=O) groups excluding carboxylic acids is 1. The highest BCUT2D eigenvalue weighted by Crippen LogP contribution is 2.19. The minimum Gasteiger partial charge on any atom is -0.468 e. The van der Waals surface area contributed by atoms with Gasteiger partial charge in [-0.2, -0.15) is 0 Å². The van der Waals surface area contributed by atoms with Gasteiger partial charge in [0, 0.05) is 44.0 Å². The fourth-order valence-electron chi connectivity index (χ4n) is 2.81. The van der Waals surface area contributed by atoms with E-state index < -0.39 is 0 Å². The van der Waals surface area contributed by atoms with E-state index in [1.807, 2.05) is 12.1 Å². The van der Waals surface area contributed by atoms with Crippen LogP contribution in [-0.4, -0.2) is 46.6 Å². The number of nitrogens with one attached hydrogen (secondary N) is 1. The Morgan fingerprint density at radius 2 is 2.32 bits per heavy atom. The summed E-state index contributed by atoms with van der Waals surface area (Å²) in [5.41, 5.74) is 0.531. The van der Waals surface area contributed by atoms with Gasteiger partial charge in [0.05, 0.1) is 18.4 Å². The number of aromatic nitrogens is 1. The van der Waals surface area contributed by atoms with Crippen molar-refractivity contribution >= 4 is 5.91 Å². The van der Waals surface area contributed by atoms with Gasteiger partial charge in [-0.15, -0.1) is 0 Å². The maximum Gasteiger partial charge on any atom is 0.253 e. The van der Waals surface area contributed by atoms with Crippen molar-refractivity contribution in [2.75, 3.05) is 19.7 Å². The van der Waals surface area contributed by atoms with Crippen molar-refractivity contribution in [3.8, 4) is 0 Å². The Labute approximate surface area is 128 Å². The second-order valence-electron chi connectivity index (χ2n) is 5.54. The molecule has 3 heterocycles. The van der Waals surface area contributed by atoms with Gasteiger partial charge < -0.3 is 14.8 Å². The highest BCUT2D eigenvalue weighted by molar-refractivity contribution is 5.94. The number of aliphatic hydroxyl groups is 1. The molecule has 2 aromatic rings. The topological polar surface area (TPSA) is 78.6 Å². The molecule has 2 N–H and O–H groups in total. The third-order valence-electron chi connectivity index (χ3n) is 3.95. The second-order valence-corrected chi connectivity index (χ2v) is 5.54. The van der Waals surface area contributed by atoms with Gasteiger partial charge in [-0.25, -0.2) is 0 Å². The van der Waals surface area contributed by atoms with Gasteiger partial charge in [-0.3, -0.25) is 14.7 Å². The zero-order valence-electron chi connectivity index (χ0n) is 12.2. The number of pyridine rings is 1. The molecule has 0 bridgehead atoms. The van der Waals surface area contributed by atoms with E-state index in [1.54, 1.807) is 30.8 Å². The highest BCUT2D eigenvalue weighted by Gasteiger charge is 2.33. The van der Waals surface area contributed by atoms with Crippen LogP contribution in [0.3, 0.4) is 0 Å². The lowest BCUT2D eigenvalue weighted by molar-refractivity contribution is 0.0920. The van der Waals surface area contributed by atoms with E-state index >= 15 is 0 Å². The summed E-state index contributed by atoms with van der Waals surface area (Å²) in [6.45, 7) is 2.16. The van der Waals surface area contributed by atoms with Gasteiger partial charge in [-0.05, 0) is 24.3 Å². The van der Waals surface area contributed by atoms with Gasteiger partial charge in [0.2, 0.25) is 0 Å². The summed E-state index contributed by atoms with van der Waals surface area (Å²) < 4.78 is 5.35. The van der Waals surface area contributed by atoms with Crippen LogP contribution in [0.2, 0.25) is 0 Å². The summed E-state index contributed by atoms with van der Waals surface area (Å²) in [6, 6.07) is 7.17. The molecule has 0 radical (unpaired) electrons. The highest BCUT2D eigenvalue weighted by atomic mass is 16.3. The van der Waals surface area contributed by atoms with E-state index in [2.05, 4.69) is 15.2 Å². The van der Waals surface area contributed by atoms with Gasteiger partial charge in [0.1, 0.15) is 5.76 Å². The van der Waals surface area contributed by atoms with Crippen molar-refractivity contribution in [2.24, 2.45) is 5.92 Å². The van der Waals surface area contributed by atoms with Crippen molar-refractivity contribution in [1.82, 2.24) is 15.2 Å². The molecule has 1 saturated heterocycles. The van der Waals surface area contributed by atoms with E-state index in [4.69, 9.17) is 4.42 Å². The normalized spacial score (nSPS) is 21.9. The quantitative estimate of drug-likeness (QED) is 0.858. The number of hydrogen-bond acceptors (Lipinski definition) is 5. The maximum atomic E-state index is 12.2. The molecule has 0 aromatic carbocycles. The predicted molar refractivity (Wildman–Crippen MR) is 80.1 cm³/mol. The van der Waals surface area contributed by atoms with Crippen LogP contribution in [-0.2, 0) is 6.54 Å². The number of nitrogens with zero attached hydrogens (tertiary/aromatic N) is 2. The van der Waals surface area contributed by atoms with Crippen LogP contribution in [0.1, 0.15) is 16.1 Å². The number of rotatable bonds is 5. The number of furan rings is 1. The van der Waals surface area contributed by atoms with Gasteiger partial charge in [-0.1, -0.05) is 0 Å². The number of hydrogen-bond donors (Lipinski definition) is 2.